The molecule has 0 saturated carbocycles. The van der Waals surface area contributed by atoms with Gasteiger partial charge in [-0.1, -0.05) is 62.4 Å². The second-order valence-electron chi connectivity index (χ2n) is 7.92. The molecule has 0 atom stereocenters. The summed E-state index contributed by atoms with van der Waals surface area (Å²) in [5.41, 5.74) is 1.33. The van der Waals surface area contributed by atoms with Crippen molar-refractivity contribution < 1.29 is 13.2 Å². The van der Waals surface area contributed by atoms with Gasteiger partial charge in [-0.05, 0) is 24.5 Å². The molecule has 0 bridgehead atoms. The lowest BCUT2D eigenvalue weighted by Gasteiger charge is -2.11. The van der Waals surface area contributed by atoms with Gasteiger partial charge >= 0.3 is 0 Å². The minimum absolute atomic E-state index is 0.0811. The number of nitrogens with one attached hydrogen (secondary N) is 1. The summed E-state index contributed by atoms with van der Waals surface area (Å²) in [5, 5.41) is 4.32. The number of hydrogen-bond acceptors (Lipinski definition) is 6. The second kappa shape index (κ2) is 9.83. The third kappa shape index (κ3) is 5.95. The summed E-state index contributed by atoms with van der Waals surface area (Å²) in [5.74, 6) is 1.20. The normalized spacial score (nSPS) is 11.5. The summed E-state index contributed by atoms with van der Waals surface area (Å²) in [4.78, 5) is 8.81. The molecule has 0 fully saturated rings. The minimum atomic E-state index is -3.86. The lowest BCUT2D eigenvalue weighted by molar-refractivity contribution is 0.457. The van der Waals surface area contributed by atoms with E-state index >= 15 is 0 Å². The lowest BCUT2D eigenvalue weighted by Crippen LogP contribution is -2.15. The molecule has 0 spiro atoms. The molecule has 0 unspecified atom stereocenters. The van der Waals surface area contributed by atoms with Crippen LogP contribution in [0.3, 0.4) is 0 Å². The van der Waals surface area contributed by atoms with Crippen LogP contribution in [0, 0.1) is 5.92 Å². The third-order valence-corrected chi connectivity index (χ3v) is 6.16. The van der Waals surface area contributed by atoms with Gasteiger partial charge in [-0.25, -0.2) is 18.1 Å². The van der Waals surface area contributed by atoms with Crippen molar-refractivity contribution >= 4 is 16.0 Å². The lowest BCUT2D eigenvalue weighted by atomic mass is 10.1. The zero-order valence-electron chi connectivity index (χ0n) is 18.4. The average Bonchev–Trinajstić information content (AvgIpc) is 3.25. The molecule has 170 valence electrons. The first-order valence-electron chi connectivity index (χ1n) is 10.6. The molecule has 9 heteroatoms. The average molecular weight is 464 g/mol. The van der Waals surface area contributed by atoms with Crippen molar-refractivity contribution in [2.75, 3.05) is 4.72 Å². The van der Waals surface area contributed by atoms with Gasteiger partial charge in [0.25, 0.3) is 10.0 Å². The molecule has 0 radical (unpaired) electrons. The molecule has 0 aliphatic heterocycles. The molecule has 1 N–H and O–H groups in total. The van der Waals surface area contributed by atoms with E-state index in [0.717, 1.165) is 18.5 Å². The van der Waals surface area contributed by atoms with Crippen LogP contribution in [0.1, 0.15) is 20.3 Å². The number of rotatable bonds is 9. The highest BCUT2D eigenvalue weighted by Crippen LogP contribution is 2.27. The number of hydrogen-bond donors (Lipinski definition) is 1. The quantitative estimate of drug-likeness (QED) is 0.376. The first kappa shape index (κ1) is 22.5. The van der Waals surface area contributed by atoms with Crippen LogP contribution in [0.2, 0.25) is 0 Å². The van der Waals surface area contributed by atoms with Crippen LogP contribution in [0.15, 0.2) is 84.0 Å². The standard InChI is InChI=1S/C24H25N5O3S/c1-18(2)13-14-29-17-20(16-25-29)32-23-15-22(19-9-5-3-6-10-19)26-24(27-23)28-33(30,31)21-11-7-4-8-12-21/h3-12,15-18H,13-14H2,1-2H3,(H,26,27,28). The maximum absolute atomic E-state index is 12.8. The van der Waals surface area contributed by atoms with Crippen molar-refractivity contribution in [3.63, 3.8) is 0 Å². The van der Waals surface area contributed by atoms with Crippen LogP contribution in [-0.4, -0.2) is 28.2 Å². The van der Waals surface area contributed by atoms with Crippen LogP contribution in [0.4, 0.5) is 5.95 Å². The maximum atomic E-state index is 12.8. The van der Waals surface area contributed by atoms with E-state index in [9.17, 15) is 8.42 Å². The number of nitrogens with zero attached hydrogens (tertiary/aromatic N) is 4. The van der Waals surface area contributed by atoms with Gasteiger partial charge in [0, 0.05) is 18.2 Å². The van der Waals surface area contributed by atoms with Gasteiger partial charge in [0.05, 0.1) is 23.0 Å². The fourth-order valence-corrected chi connectivity index (χ4v) is 4.05. The van der Waals surface area contributed by atoms with Crippen molar-refractivity contribution in [3.05, 3.63) is 79.1 Å². The van der Waals surface area contributed by atoms with Gasteiger partial charge in [0.2, 0.25) is 11.8 Å². The molecule has 33 heavy (non-hydrogen) atoms. The first-order valence-corrected chi connectivity index (χ1v) is 12.1. The van der Waals surface area contributed by atoms with Gasteiger partial charge in [0.1, 0.15) is 0 Å². The molecule has 0 amide bonds. The second-order valence-corrected chi connectivity index (χ2v) is 9.61. The third-order valence-electron chi connectivity index (χ3n) is 4.82. The molecule has 0 aliphatic rings. The molecular weight excluding hydrogens is 438 g/mol. The van der Waals surface area contributed by atoms with E-state index in [2.05, 4.69) is 33.6 Å². The molecule has 2 heterocycles. The Hall–Kier alpha value is -3.72. The van der Waals surface area contributed by atoms with E-state index in [1.807, 2.05) is 35.0 Å². The summed E-state index contributed by atoms with van der Waals surface area (Å²) in [7, 11) is -3.86. The van der Waals surface area contributed by atoms with E-state index < -0.39 is 10.0 Å². The van der Waals surface area contributed by atoms with Crippen LogP contribution in [0.25, 0.3) is 11.3 Å². The molecule has 2 aromatic carbocycles. The van der Waals surface area contributed by atoms with E-state index in [0.29, 0.717) is 17.4 Å². The summed E-state index contributed by atoms with van der Waals surface area (Å²) in [6, 6.07) is 19.2. The number of sulfonamides is 1. The number of aryl methyl sites for hydroxylation is 1. The number of anilines is 1. The van der Waals surface area contributed by atoms with Crippen LogP contribution in [-0.2, 0) is 16.6 Å². The first-order chi connectivity index (χ1) is 15.9. The van der Waals surface area contributed by atoms with Crippen molar-refractivity contribution in [3.8, 4) is 22.9 Å². The number of benzene rings is 2. The van der Waals surface area contributed by atoms with Gasteiger partial charge in [-0.15, -0.1) is 0 Å². The van der Waals surface area contributed by atoms with Gasteiger partial charge in [-0.2, -0.15) is 10.1 Å². The highest BCUT2D eigenvalue weighted by Gasteiger charge is 2.17. The van der Waals surface area contributed by atoms with Gasteiger partial charge < -0.3 is 4.74 Å². The van der Waals surface area contributed by atoms with Crippen molar-refractivity contribution in [2.24, 2.45) is 5.92 Å². The zero-order valence-corrected chi connectivity index (χ0v) is 19.2. The molecule has 4 rings (SSSR count). The van der Waals surface area contributed by atoms with E-state index in [1.165, 1.54) is 12.1 Å². The number of ether oxygens (including phenoxy) is 1. The monoisotopic (exact) mass is 463 g/mol. The predicted octanol–water partition coefficient (Wildman–Crippen LogP) is 4.98. The maximum Gasteiger partial charge on any atom is 0.264 e. The largest absolute Gasteiger partial charge is 0.436 e. The van der Waals surface area contributed by atoms with E-state index in [1.54, 1.807) is 36.7 Å². The Morgan fingerprint density at radius 2 is 1.70 bits per heavy atom. The predicted molar refractivity (Wildman–Crippen MR) is 126 cm³/mol. The molecule has 2 aromatic heterocycles. The van der Waals surface area contributed by atoms with E-state index in [-0.39, 0.29) is 16.7 Å². The van der Waals surface area contributed by atoms with Gasteiger partial charge in [-0.3, -0.25) is 4.68 Å². The molecule has 4 aromatic rings. The van der Waals surface area contributed by atoms with Gasteiger partial charge in [0.15, 0.2) is 5.75 Å². The fraction of sp³-hybridized carbons (Fsp3) is 0.208. The van der Waals surface area contributed by atoms with Crippen molar-refractivity contribution in [1.29, 1.82) is 0 Å². The van der Waals surface area contributed by atoms with Crippen molar-refractivity contribution in [2.45, 2.75) is 31.7 Å². The molecule has 8 nitrogen and oxygen atoms in total. The smallest absolute Gasteiger partial charge is 0.264 e. The van der Waals surface area contributed by atoms with Crippen molar-refractivity contribution in [1.82, 2.24) is 19.7 Å². The Kier molecular flexibility index (Phi) is 6.69. The van der Waals surface area contributed by atoms with Crippen LogP contribution < -0.4 is 9.46 Å². The Balaban J connectivity index is 1.64. The summed E-state index contributed by atoms with van der Waals surface area (Å²) in [6.45, 7) is 5.10. The molecule has 0 saturated heterocycles. The molecule has 0 aliphatic carbocycles. The summed E-state index contributed by atoms with van der Waals surface area (Å²) >= 11 is 0. The highest BCUT2D eigenvalue weighted by molar-refractivity contribution is 7.92. The van der Waals surface area contributed by atoms with Crippen LogP contribution >= 0.6 is 0 Å². The summed E-state index contributed by atoms with van der Waals surface area (Å²) < 4.78 is 35.8. The Morgan fingerprint density at radius 3 is 2.39 bits per heavy atom. The fourth-order valence-electron chi connectivity index (χ4n) is 3.09. The Bertz CT molecular complexity index is 1310. The minimum Gasteiger partial charge on any atom is -0.436 e. The Labute approximate surface area is 193 Å². The highest BCUT2D eigenvalue weighted by atomic mass is 32.2. The molecular formula is C24H25N5O3S. The van der Waals surface area contributed by atoms with E-state index in [4.69, 9.17) is 4.74 Å². The van der Waals surface area contributed by atoms with Crippen LogP contribution in [0.5, 0.6) is 11.6 Å². The summed E-state index contributed by atoms with van der Waals surface area (Å²) in [6.07, 6.45) is 4.40. The SMILES string of the molecule is CC(C)CCn1cc(Oc2cc(-c3ccccc3)nc(NS(=O)(=O)c3ccccc3)n2)cn1. The zero-order chi connectivity index (χ0) is 23.3. The Morgan fingerprint density at radius 1 is 1.00 bits per heavy atom. The number of aromatic nitrogens is 4. The topological polar surface area (TPSA) is 99.0 Å².